The first-order valence-corrected chi connectivity index (χ1v) is 7.00. The largest absolute Gasteiger partial charge is 0.398 e. The SMILES string of the molecule is CCCN(Cc1ccccc1N)S(=O)(=O)C(F)F. The number of para-hydroxylation sites is 1. The standard InChI is InChI=1S/C11H16F2N2O2S/c1-2-7-15(18(16,17)11(12)13)8-9-5-3-4-6-10(9)14/h3-6,11H,2,7-8,14H2,1H3. The molecule has 0 heterocycles. The molecule has 0 saturated heterocycles. The fraction of sp³-hybridized carbons (Fsp3) is 0.455. The molecule has 1 aromatic carbocycles. The van der Waals surface area contributed by atoms with E-state index in [1.807, 2.05) is 0 Å². The molecule has 0 atom stereocenters. The van der Waals surface area contributed by atoms with E-state index in [9.17, 15) is 17.2 Å². The van der Waals surface area contributed by atoms with Gasteiger partial charge in [-0.3, -0.25) is 0 Å². The van der Waals surface area contributed by atoms with Gasteiger partial charge in [0.2, 0.25) is 0 Å². The predicted octanol–water partition coefficient (Wildman–Crippen LogP) is 2.03. The number of hydrogen-bond donors (Lipinski definition) is 1. The van der Waals surface area contributed by atoms with E-state index in [2.05, 4.69) is 0 Å². The summed E-state index contributed by atoms with van der Waals surface area (Å²) in [6, 6.07) is 6.61. The van der Waals surface area contributed by atoms with E-state index in [1.165, 1.54) is 0 Å². The maximum absolute atomic E-state index is 12.5. The minimum absolute atomic E-state index is 0.0427. The van der Waals surface area contributed by atoms with Gasteiger partial charge in [0.1, 0.15) is 0 Å². The van der Waals surface area contributed by atoms with Crippen molar-refractivity contribution in [1.82, 2.24) is 4.31 Å². The number of rotatable bonds is 6. The van der Waals surface area contributed by atoms with Crippen LogP contribution in [0.4, 0.5) is 14.5 Å². The Morgan fingerprint density at radius 1 is 1.33 bits per heavy atom. The fourth-order valence-electron chi connectivity index (χ4n) is 1.53. The van der Waals surface area contributed by atoms with E-state index >= 15 is 0 Å². The highest BCUT2D eigenvalue weighted by Gasteiger charge is 2.31. The molecule has 0 aliphatic rings. The van der Waals surface area contributed by atoms with Gasteiger partial charge in [-0.25, -0.2) is 8.42 Å². The van der Waals surface area contributed by atoms with Crippen molar-refractivity contribution in [2.75, 3.05) is 12.3 Å². The normalized spacial score (nSPS) is 12.3. The highest BCUT2D eigenvalue weighted by atomic mass is 32.2. The van der Waals surface area contributed by atoms with Crippen LogP contribution in [0.2, 0.25) is 0 Å². The maximum Gasteiger partial charge on any atom is 0.350 e. The van der Waals surface area contributed by atoms with Crippen molar-refractivity contribution >= 4 is 15.7 Å². The highest BCUT2D eigenvalue weighted by molar-refractivity contribution is 7.89. The third-order valence-corrected chi connectivity index (χ3v) is 3.94. The van der Waals surface area contributed by atoms with Crippen LogP contribution in [-0.4, -0.2) is 25.0 Å². The third-order valence-electron chi connectivity index (χ3n) is 2.46. The molecule has 0 radical (unpaired) electrons. The minimum Gasteiger partial charge on any atom is -0.398 e. The van der Waals surface area contributed by atoms with Gasteiger partial charge >= 0.3 is 5.76 Å². The van der Waals surface area contributed by atoms with Crippen LogP contribution in [0.25, 0.3) is 0 Å². The Kier molecular flexibility index (Phi) is 5.03. The smallest absolute Gasteiger partial charge is 0.350 e. The molecule has 1 rings (SSSR count). The van der Waals surface area contributed by atoms with E-state index in [4.69, 9.17) is 5.73 Å². The molecule has 1 aromatic rings. The van der Waals surface area contributed by atoms with E-state index in [0.717, 1.165) is 4.31 Å². The number of benzene rings is 1. The van der Waals surface area contributed by atoms with Crippen LogP contribution < -0.4 is 5.73 Å². The molecule has 0 amide bonds. The number of sulfonamides is 1. The summed E-state index contributed by atoms with van der Waals surface area (Å²) in [5, 5.41) is 0. The lowest BCUT2D eigenvalue weighted by Crippen LogP contribution is -2.35. The van der Waals surface area contributed by atoms with Gasteiger partial charge in [-0.15, -0.1) is 0 Å². The summed E-state index contributed by atoms with van der Waals surface area (Å²) in [7, 11) is -4.57. The second kappa shape index (κ2) is 6.10. The number of nitrogens with two attached hydrogens (primary N) is 1. The van der Waals surface area contributed by atoms with Crippen molar-refractivity contribution in [3.05, 3.63) is 29.8 Å². The third kappa shape index (κ3) is 3.39. The molecule has 0 aliphatic carbocycles. The molecule has 0 spiro atoms. The Labute approximate surface area is 105 Å². The quantitative estimate of drug-likeness (QED) is 0.810. The molecule has 0 aliphatic heterocycles. The summed E-state index contributed by atoms with van der Waals surface area (Å²) in [4.78, 5) is 0. The van der Waals surface area contributed by atoms with Crippen LogP contribution in [-0.2, 0) is 16.6 Å². The summed E-state index contributed by atoms with van der Waals surface area (Å²) >= 11 is 0. The average molecular weight is 278 g/mol. The molecule has 4 nitrogen and oxygen atoms in total. The van der Waals surface area contributed by atoms with Crippen molar-refractivity contribution in [3.63, 3.8) is 0 Å². The van der Waals surface area contributed by atoms with Crippen LogP contribution in [0, 0.1) is 0 Å². The topological polar surface area (TPSA) is 63.4 Å². The van der Waals surface area contributed by atoms with Crippen LogP contribution in [0.5, 0.6) is 0 Å². The number of alkyl halides is 2. The molecular weight excluding hydrogens is 262 g/mol. The molecular formula is C11H16F2N2O2S. The Hall–Kier alpha value is -1.21. The van der Waals surface area contributed by atoms with Crippen molar-refractivity contribution in [3.8, 4) is 0 Å². The zero-order valence-electron chi connectivity index (χ0n) is 10.0. The van der Waals surface area contributed by atoms with Crippen molar-refractivity contribution in [2.45, 2.75) is 25.6 Å². The minimum atomic E-state index is -4.57. The van der Waals surface area contributed by atoms with Crippen LogP contribution in [0.3, 0.4) is 0 Å². The van der Waals surface area contributed by atoms with E-state index in [-0.39, 0.29) is 13.1 Å². The molecule has 102 valence electrons. The molecule has 2 N–H and O–H groups in total. The Morgan fingerprint density at radius 2 is 1.94 bits per heavy atom. The molecule has 7 heteroatoms. The number of nitrogen functional groups attached to an aromatic ring is 1. The predicted molar refractivity (Wildman–Crippen MR) is 66.5 cm³/mol. The second-order valence-corrected chi connectivity index (χ2v) is 5.74. The van der Waals surface area contributed by atoms with E-state index in [0.29, 0.717) is 17.7 Å². The monoisotopic (exact) mass is 278 g/mol. The number of hydrogen-bond acceptors (Lipinski definition) is 3. The first-order chi connectivity index (χ1) is 8.39. The molecule has 0 unspecified atom stereocenters. The summed E-state index contributed by atoms with van der Waals surface area (Å²) in [5.41, 5.74) is 6.59. The summed E-state index contributed by atoms with van der Waals surface area (Å²) in [5.74, 6) is -3.41. The first kappa shape index (κ1) is 14.8. The lowest BCUT2D eigenvalue weighted by Gasteiger charge is -2.21. The Bertz CT molecular complexity index is 492. The van der Waals surface area contributed by atoms with Gasteiger partial charge in [0, 0.05) is 18.8 Å². The van der Waals surface area contributed by atoms with E-state index < -0.39 is 15.8 Å². The number of halogens is 2. The van der Waals surface area contributed by atoms with Gasteiger partial charge < -0.3 is 5.73 Å². The Balaban J connectivity index is 2.98. The van der Waals surface area contributed by atoms with Gasteiger partial charge in [-0.05, 0) is 18.1 Å². The van der Waals surface area contributed by atoms with Crippen molar-refractivity contribution in [2.24, 2.45) is 0 Å². The number of nitrogens with zero attached hydrogens (tertiary/aromatic N) is 1. The highest BCUT2D eigenvalue weighted by Crippen LogP contribution is 2.19. The van der Waals surface area contributed by atoms with Crippen molar-refractivity contribution < 1.29 is 17.2 Å². The molecule has 0 aromatic heterocycles. The van der Waals surface area contributed by atoms with Gasteiger partial charge in [0.15, 0.2) is 0 Å². The fourth-order valence-corrected chi connectivity index (χ4v) is 2.51. The Morgan fingerprint density at radius 3 is 2.44 bits per heavy atom. The molecule has 18 heavy (non-hydrogen) atoms. The lowest BCUT2D eigenvalue weighted by atomic mass is 10.2. The zero-order valence-corrected chi connectivity index (χ0v) is 10.8. The van der Waals surface area contributed by atoms with Crippen LogP contribution in [0.1, 0.15) is 18.9 Å². The molecule has 0 bridgehead atoms. The second-order valence-electron chi connectivity index (χ2n) is 3.84. The van der Waals surface area contributed by atoms with Gasteiger partial charge in [-0.1, -0.05) is 25.1 Å². The van der Waals surface area contributed by atoms with Crippen molar-refractivity contribution in [1.29, 1.82) is 0 Å². The van der Waals surface area contributed by atoms with E-state index in [1.54, 1.807) is 31.2 Å². The summed E-state index contributed by atoms with van der Waals surface area (Å²) in [6.07, 6.45) is 0.457. The van der Waals surface area contributed by atoms with Gasteiger partial charge in [-0.2, -0.15) is 13.1 Å². The molecule has 0 saturated carbocycles. The van der Waals surface area contributed by atoms with Crippen LogP contribution >= 0.6 is 0 Å². The summed E-state index contributed by atoms with van der Waals surface area (Å²) in [6.45, 7) is 1.64. The van der Waals surface area contributed by atoms with Crippen LogP contribution in [0.15, 0.2) is 24.3 Å². The maximum atomic E-state index is 12.5. The number of anilines is 1. The van der Waals surface area contributed by atoms with Gasteiger partial charge in [0.05, 0.1) is 0 Å². The lowest BCUT2D eigenvalue weighted by molar-refractivity contribution is 0.217. The zero-order chi connectivity index (χ0) is 13.8. The molecule has 0 fully saturated rings. The first-order valence-electron chi connectivity index (χ1n) is 5.50. The van der Waals surface area contributed by atoms with Gasteiger partial charge in [0.25, 0.3) is 10.0 Å². The summed E-state index contributed by atoms with van der Waals surface area (Å²) < 4.78 is 48.8. The average Bonchev–Trinajstić information content (AvgIpc) is 2.31.